The molecule has 2 atom stereocenters. The van der Waals surface area contributed by atoms with Crippen molar-refractivity contribution in [3.8, 4) is 0 Å². The summed E-state index contributed by atoms with van der Waals surface area (Å²) in [6, 6.07) is 6.40. The highest BCUT2D eigenvalue weighted by molar-refractivity contribution is 8.00. The van der Waals surface area contributed by atoms with Crippen LogP contribution in [-0.2, 0) is 4.79 Å². The Morgan fingerprint density at radius 2 is 2.42 bits per heavy atom. The Labute approximate surface area is 114 Å². The molecule has 0 bridgehead atoms. The van der Waals surface area contributed by atoms with Crippen LogP contribution in [0.4, 0.5) is 6.01 Å². The van der Waals surface area contributed by atoms with Crippen molar-refractivity contribution in [3.63, 3.8) is 0 Å². The van der Waals surface area contributed by atoms with Crippen LogP contribution in [0.1, 0.15) is 12.0 Å². The van der Waals surface area contributed by atoms with Gasteiger partial charge in [-0.05, 0) is 31.0 Å². The number of carbonyl (C=O) groups is 1. The van der Waals surface area contributed by atoms with E-state index in [9.17, 15) is 4.79 Å². The number of nitrogens with zero attached hydrogens (tertiary/aromatic N) is 1. The van der Waals surface area contributed by atoms with Crippen molar-refractivity contribution in [2.75, 3.05) is 11.1 Å². The molecule has 1 saturated heterocycles. The van der Waals surface area contributed by atoms with E-state index in [1.54, 1.807) is 0 Å². The summed E-state index contributed by atoms with van der Waals surface area (Å²) >= 11 is 1.46. The Kier molecular flexibility index (Phi) is 3.10. The number of benzene rings is 1. The van der Waals surface area contributed by atoms with E-state index in [1.165, 1.54) is 11.8 Å². The monoisotopic (exact) mass is 278 g/mol. The van der Waals surface area contributed by atoms with E-state index in [0.29, 0.717) is 12.4 Å². The number of hydrogen-bond acceptors (Lipinski definition) is 5. The highest BCUT2D eigenvalue weighted by Gasteiger charge is 2.31. The lowest BCUT2D eigenvalue weighted by atomic mass is 10.2. The first-order chi connectivity index (χ1) is 9.11. The minimum atomic E-state index is -0.748. The topological polar surface area (TPSA) is 75.4 Å². The Morgan fingerprint density at radius 1 is 1.58 bits per heavy atom. The summed E-state index contributed by atoms with van der Waals surface area (Å²) in [4.78, 5) is 15.3. The van der Waals surface area contributed by atoms with Crippen molar-refractivity contribution < 1.29 is 14.3 Å². The molecule has 2 aromatic rings. The summed E-state index contributed by atoms with van der Waals surface area (Å²) in [6.45, 7) is 2.01. The average Bonchev–Trinajstić information content (AvgIpc) is 2.95. The van der Waals surface area contributed by atoms with Gasteiger partial charge in [-0.1, -0.05) is 6.07 Å². The van der Waals surface area contributed by atoms with Crippen molar-refractivity contribution in [2.45, 2.75) is 24.6 Å². The van der Waals surface area contributed by atoms with Crippen molar-refractivity contribution in [1.29, 1.82) is 0 Å². The number of anilines is 1. The highest BCUT2D eigenvalue weighted by Crippen LogP contribution is 2.29. The second-order valence-electron chi connectivity index (χ2n) is 4.73. The number of aromatic nitrogens is 1. The molecule has 2 N–H and O–H groups in total. The Bertz CT molecular complexity index is 625. The molecule has 2 heterocycles. The maximum Gasteiger partial charge on any atom is 0.316 e. The minimum Gasteiger partial charge on any atom is -0.480 e. The van der Waals surface area contributed by atoms with Gasteiger partial charge in [0.05, 0.1) is 0 Å². The molecule has 0 radical (unpaired) electrons. The number of hydrogen-bond donors (Lipinski definition) is 2. The molecule has 100 valence electrons. The van der Waals surface area contributed by atoms with E-state index >= 15 is 0 Å². The van der Waals surface area contributed by atoms with Crippen LogP contribution < -0.4 is 5.32 Å². The molecule has 0 spiro atoms. The maximum absolute atomic E-state index is 10.9. The van der Waals surface area contributed by atoms with Crippen molar-refractivity contribution in [3.05, 3.63) is 23.8 Å². The zero-order valence-corrected chi connectivity index (χ0v) is 11.2. The molecular formula is C13H14N2O3S. The van der Waals surface area contributed by atoms with Crippen molar-refractivity contribution in [1.82, 2.24) is 4.98 Å². The number of thioether (sulfide) groups is 1. The number of rotatable bonds is 3. The van der Waals surface area contributed by atoms with Crippen LogP contribution in [0.5, 0.6) is 0 Å². The van der Waals surface area contributed by atoms with Gasteiger partial charge in [0, 0.05) is 11.8 Å². The smallest absolute Gasteiger partial charge is 0.316 e. The molecule has 0 unspecified atom stereocenters. The van der Waals surface area contributed by atoms with E-state index in [4.69, 9.17) is 9.52 Å². The highest BCUT2D eigenvalue weighted by atomic mass is 32.2. The van der Waals surface area contributed by atoms with E-state index in [2.05, 4.69) is 10.3 Å². The van der Waals surface area contributed by atoms with Gasteiger partial charge < -0.3 is 14.8 Å². The van der Waals surface area contributed by atoms with Crippen molar-refractivity contribution in [2.24, 2.45) is 0 Å². The maximum atomic E-state index is 10.9. The lowest BCUT2D eigenvalue weighted by Crippen LogP contribution is -2.22. The number of carboxylic acid groups (broad SMARTS) is 1. The molecule has 19 heavy (non-hydrogen) atoms. The first-order valence-electron chi connectivity index (χ1n) is 6.10. The van der Waals surface area contributed by atoms with Gasteiger partial charge in [-0.2, -0.15) is 4.98 Å². The third-order valence-corrected chi connectivity index (χ3v) is 4.53. The summed E-state index contributed by atoms with van der Waals surface area (Å²) < 4.78 is 5.60. The molecule has 0 aliphatic carbocycles. The average molecular weight is 278 g/mol. The van der Waals surface area contributed by atoms with Gasteiger partial charge in [-0.15, -0.1) is 11.8 Å². The van der Waals surface area contributed by atoms with E-state index in [1.807, 2.05) is 25.1 Å². The molecule has 3 rings (SSSR count). The van der Waals surface area contributed by atoms with Gasteiger partial charge in [0.15, 0.2) is 5.58 Å². The predicted octanol–water partition coefficient (Wildman–Crippen LogP) is 2.51. The van der Waals surface area contributed by atoms with Gasteiger partial charge in [-0.25, -0.2) is 0 Å². The van der Waals surface area contributed by atoms with Gasteiger partial charge in [0.1, 0.15) is 10.8 Å². The predicted molar refractivity (Wildman–Crippen MR) is 74.7 cm³/mol. The molecule has 1 fully saturated rings. The standard InChI is InChI=1S/C13H14N2O3S/c1-7-2-3-10-9(4-7)15-13(18-10)14-8-5-11(12(16)17)19-6-8/h2-4,8,11H,5-6H2,1H3,(H,14,15)(H,16,17)/t8-,11-/m0/s1. The molecule has 0 amide bonds. The van der Waals surface area contributed by atoms with Crippen LogP contribution in [0.3, 0.4) is 0 Å². The second kappa shape index (κ2) is 4.77. The molecule has 1 aliphatic rings. The molecule has 5 nitrogen and oxygen atoms in total. The largest absolute Gasteiger partial charge is 0.480 e. The second-order valence-corrected chi connectivity index (χ2v) is 5.96. The third-order valence-electron chi connectivity index (χ3n) is 3.14. The Morgan fingerprint density at radius 3 is 3.16 bits per heavy atom. The number of fused-ring (bicyclic) bond motifs is 1. The Hall–Kier alpha value is -1.69. The lowest BCUT2D eigenvalue weighted by molar-refractivity contribution is -0.136. The van der Waals surface area contributed by atoms with Crippen LogP contribution in [0.15, 0.2) is 22.6 Å². The van der Waals surface area contributed by atoms with Crippen LogP contribution in [0.2, 0.25) is 0 Å². The van der Waals surface area contributed by atoms with Crippen LogP contribution >= 0.6 is 11.8 Å². The summed E-state index contributed by atoms with van der Waals surface area (Å²) in [5, 5.41) is 11.8. The lowest BCUT2D eigenvalue weighted by Gasteiger charge is -2.08. The first-order valence-corrected chi connectivity index (χ1v) is 7.15. The molecule has 6 heteroatoms. The summed E-state index contributed by atoms with van der Waals surface area (Å²) in [5.74, 6) is 0.0110. The fourth-order valence-corrected chi connectivity index (χ4v) is 3.37. The van der Waals surface area contributed by atoms with Gasteiger partial charge >= 0.3 is 5.97 Å². The van der Waals surface area contributed by atoms with E-state index < -0.39 is 5.97 Å². The summed E-state index contributed by atoms with van der Waals surface area (Å²) in [7, 11) is 0. The van der Waals surface area contributed by atoms with Crippen molar-refractivity contribution >= 4 is 34.8 Å². The van der Waals surface area contributed by atoms with Gasteiger partial charge in [-0.3, -0.25) is 4.79 Å². The quantitative estimate of drug-likeness (QED) is 0.898. The Balaban J connectivity index is 1.73. The zero-order valence-electron chi connectivity index (χ0n) is 10.4. The summed E-state index contributed by atoms with van der Waals surface area (Å²) in [6.07, 6.45) is 0.595. The van der Waals surface area contributed by atoms with E-state index in [0.717, 1.165) is 22.4 Å². The molecule has 1 aliphatic heterocycles. The first kappa shape index (κ1) is 12.3. The van der Waals surface area contributed by atoms with Crippen LogP contribution in [0.25, 0.3) is 11.1 Å². The molecular weight excluding hydrogens is 264 g/mol. The number of oxazole rings is 1. The minimum absolute atomic E-state index is 0.0975. The van der Waals surface area contributed by atoms with Crippen LogP contribution in [0, 0.1) is 6.92 Å². The third kappa shape index (κ3) is 2.53. The molecule has 1 aromatic carbocycles. The van der Waals surface area contributed by atoms with E-state index in [-0.39, 0.29) is 11.3 Å². The number of aryl methyl sites for hydroxylation is 1. The zero-order chi connectivity index (χ0) is 13.4. The number of aliphatic carboxylic acids is 1. The normalized spacial score (nSPS) is 22.8. The number of nitrogens with one attached hydrogen (secondary N) is 1. The molecule has 0 saturated carbocycles. The SMILES string of the molecule is Cc1ccc2oc(N[C@@H]3CS[C@H](C(=O)O)C3)nc2c1. The summed E-state index contributed by atoms with van der Waals surface area (Å²) in [5.41, 5.74) is 2.70. The fourth-order valence-electron chi connectivity index (χ4n) is 2.17. The van der Waals surface area contributed by atoms with Gasteiger partial charge in [0.25, 0.3) is 6.01 Å². The number of carboxylic acids is 1. The fraction of sp³-hybridized carbons (Fsp3) is 0.385. The van der Waals surface area contributed by atoms with Crippen LogP contribution in [-0.4, -0.2) is 33.1 Å². The molecule has 1 aromatic heterocycles. The van der Waals surface area contributed by atoms with Gasteiger partial charge in [0.2, 0.25) is 0 Å².